The SMILES string of the molecule is NC(=O)NCC1CCC(F)(F)C1. The van der Waals surface area contributed by atoms with Crippen LogP contribution in [0.15, 0.2) is 0 Å². The van der Waals surface area contributed by atoms with Gasteiger partial charge in [-0.3, -0.25) is 0 Å². The fourth-order valence-corrected chi connectivity index (χ4v) is 1.46. The molecule has 1 aliphatic rings. The van der Waals surface area contributed by atoms with Crippen LogP contribution < -0.4 is 11.1 Å². The van der Waals surface area contributed by atoms with Gasteiger partial charge in [-0.2, -0.15) is 0 Å². The maximum absolute atomic E-state index is 12.6. The lowest BCUT2D eigenvalue weighted by atomic mass is 10.1. The number of hydrogen-bond donors (Lipinski definition) is 2. The highest BCUT2D eigenvalue weighted by Crippen LogP contribution is 2.38. The summed E-state index contributed by atoms with van der Waals surface area (Å²) in [4.78, 5) is 10.2. The second-order valence-electron chi connectivity index (χ2n) is 3.21. The Morgan fingerprint density at radius 1 is 1.67 bits per heavy atom. The molecule has 1 unspecified atom stereocenters. The molecular weight excluding hydrogens is 166 g/mol. The quantitative estimate of drug-likeness (QED) is 0.653. The van der Waals surface area contributed by atoms with Crippen molar-refractivity contribution in [2.24, 2.45) is 11.7 Å². The van der Waals surface area contributed by atoms with Crippen molar-refractivity contribution < 1.29 is 13.6 Å². The third-order valence-corrected chi connectivity index (χ3v) is 2.07. The van der Waals surface area contributed by atoms with E-state index in [0.29, 0.717) is 6.42 Å². The Morgan fingerprint density at radius 3 is 2.75 bits per heavy atom. The van der Waals surface area contributed by atoms with E-state index >= 15 is 0 Å². The van der Waals surface area contributed by atoms with Gasteiger partial charge in [-0.15, -0.1) is 0 Å². The molecule has 1 saturated carbocycles. The number of halogens is 2. The maximum Gasteiger partial charge on any atom is 0.312 e. The Labute approximate surface area is 69.3 Å². The predicted molar refractivity (Wildman–Crippen MR) is 39.9 cm³/mol. The Hall–Kier alpha value is -0.870. The Kier molecular flexibility index (Phi) is 2.49. The third kappa shape index (κ3) is 2.64. The van der Waals surface area contributed by atoms with Gasteiger partial charge in [0.1, 0.15) is 0 Å². The van der Waals surface area contributed by atoms with E-state index in [9.17, 15) is 13.6 Å². The summed E-state index contributed by atoms with van der Waals surface area (Å²) in [6.45, 7) is 0.269. The summed E-state index contributed by atoms with van der Waals surface area (Å²) in [6.07, 6.45) is 0.263. The number of hydrogen-bond acceptors (Lipinski definition) is 1. The van der Waals surface area contributed by atoms with E-state index in [2.05, 4.69) is 5.32 Å². The van der Waals surface area contributed by atoms with Crippen molar-refractivity contribution in [3.63, 3.8) is 0 Å². The smallest absolute Gasteiger partial charge is 0.312 e. The van der Waals surface area contributed by atoms with Gasteiger partial charge >= 0.3 is 6.03 Å². The molecule has 0 spiro atoms. The van der Waals surface area contributed by atoms with E-state index in [1.807, 2.05) is 0 Å². The number of carbonyl (C=O) groups excluding carboxylic acids is 1. The minimum Gasteiger partial charge on any atom is -0.352 e. The number of rotatable bonds is 2. The minimum absolute atomic E-state index is 0.0713. The van der Waals surface area contributed by atoms with Crippen LogP contribution in [0, 0.1) is 5.92 Å². The molecule has 70 valence electrons. The van der Waals surface area contributed by atoms with Crippen LogP contribution in [0.1, 0.15) is 19.3 Å². The molecule has 1 atom stereocenters. The number of nitrogens with one attached hydrogen (secondary N) is 1. The zero-order valence-corrected chi connectivity index (χ0v) is 6.65. The summed E-state index contributed by atoms with van der Waals surface area (Å²) in [6, 6.07) is -0.648. The highest BCUT2D eigenvalue weighted by atomic mass is 19.3. The van der Waals surface area contributed by atoms with Gasteiger partial charge in [-0.25, -0.2) is 13.6 Å². The molecule has 0 aromatic heterocycles. The Morgan fingerprint density at radius 2 is 2.33 bits per heavy atom. The highest BCUT2D eigenvalue weighted by Gasteiger charge is 2.39. The lowest BCUT2D eigenvalue weighted by Gasteiger charge is -2.09. The second-order valence-corrected chi connectivity index (χ2v) is 3.21. The molecule has 3 nitrogen and oxygen atoms in total. The molecular formula is C7H12F2N2O. The fraction of sp³-hybridized carbons (Fsp3) is 0.857. The van der Waals surface area contributed by atoms with Gasteiger partial charge in [0, 0.05) is 19.4 Å². The zero-order valence-electron chi connectivity index (χ0n) is 6.65. The molecule has 5 heteroatoms. The van der Waals surface area contributed by atoms with Crippen molar-refractivity contribution in [2.75, 3.05) is 6.54 Å². The number of alkyl halides is 2. The van der Waals surface area contributed by atoms with Crippen molar-refractivity contribution >= 4 is 6.03 Å². The first kappa shape index (κ1) is 9.22. The van der Waals surface area contributed by atoms with Gasteiger partial charge in [0.25, 0.3) is 0 Å². The van der Waals surface area contributed by atoms with E-state index in [1.165, 1.54) is 0 Å². The van der Waals surface area contributed by atoms with E-state index in [1.54, 1.807) is 0 Å². The highest BCUT2D eigenvalue weighted by molar-refractivity contribution is 5.71. The van der Waals surface area contributed by atoms with Crippen LogP contribution in [-0.4, -0.2) is 18.5 Å². The van der Waals surface area contributed by atoms with E-state index < -0.39 is 12.0 Å². The Bertz CT molecular complexity index is 184. The summed E-state index contributed by atoms with van der Waals surface area (Å²) in [5, 5.41) is 2.33. The summed E-state index contributed by atoms with van der Waals surface area (Å²) in [7, 11) is 0. The average molecular weight is 178 g/mol. The Balaban J connectivity index is 2.24. The monoisotopic (exact) mass is 178 g/mol. The van der Waals surface area contributed by atoms with Crippen molar-refractivity contribution in [1.29, 1.82) is 0 Å². The van der Waals surface area contributed by atoms with Crippen LogP contribution in [0.25, 0.3) is 0 Å². The van der Waals surface area contributed by atoms with E-state index in [-0.39, 0.29) is 25.3 Å². The van der Waals surface area contributed by atoms with Gasteiger partial charge in [0.2, 0.25) is 5.92 Å². The molecule has 1 rings (SSSR count). The van der Waals surface area contributed by atoms with Crippen LogP contribution in [0.3, 0.4) is 0 Å². The van der Waals surface area contributed by atoms with Crippen LogP contribution in [0.4, 0.5) is 13.6 Å². The lowest BCUT2D eigenvalue weighted by Crippen LogP contribution is -2.33. The van der Waals surface area contributed by atoms with Gasteiger partial charge in [-0.05, 0) is 12.3 Å². The number of carbonyl (C=O) groups is 1. The normalized spacial score (nSPS) is 27.0. The largest absolute Gasteiger partial charge is 0.352 e. The van der Waals surface area contributed by atoms with Crippen LogP contribution in [0.5, 0.6) is 0 Å². The molecule has 3 N–H and O–H groups in total. The van der Waals surface area contributed by atoms with Crippen LogP contribution in [0.2, 0.25) is 0 Å². The third-order valence-electron chi connectivity index (χ3n) is 2.07. The van der Waals surface area contributed by atoms with Crippen LogP contribution in [-0.2, 0) is 0 Å². The molecule has 0 bridgehead atoms. The van der Waals surface area contributed by atoms with Gasteiger partial charge in [-0.1, -0.05) is 0 Å². The van der Waals surface area contributed by atoms with Gasteiger partial charge in [0.15, 0.2) is 0 Å². The van der Waals surface area contributed by atoms with Crippen LogP contribution >= 0.6 is 0 Å². The lowest BCUT2D eigenvalue weighted by molar-refractivity contribution is 0.00516. The first-order valence-corrected chi connectivity index (χ1v) is 3.91. The zero-order chi connectivity index (χ0) is 9.19. The molecule has 12 heavy (non-hydrogen) atoms. The first-order chi connectivity index (χ1) is 5.49. The molecule has 0 radical (unpaired) electrons. The number of amides is 2. The predicted octanol–water partition coefficient (Wildman–Crippen LogP) is 1.09. The molecule has 0 aliphatic heterocycles. The maximum atomic E-state index is 12.6. The second kappa shape index (κ2) is 3.25. The summed E-state index contributed by atoms with van der Waals surface area (Å²) in [5.74, 6) is -2.66. The molecule has 2 amide bonds. The summed E-state index contributed by atoms with van der Waals surface area (Å²) >= 11 is 0. The van der Waals surface area contributed by atoms with E-state index in [4.69, 9.17) is 5.73 Å². The van der Waals surface area contributed by atoms with Gasteiger partial charge in [0.05, 0.1) is 0 Å². The number of nitrogens with two attached hydrogens (primary N) is 1. The number of urea groups is 1. The number of primary amides is 1. The average Bonchev–Trinajstić information content (AvgIpc) is 2.26. The van der Waals surface area contributed by atoms with Crippen molar-refractivity contribution in [3.05, 3.63) is 0 Å². The summed E-state index contributed by atoms with van der Waals surface area (Å²) < 4.78 is 25.2. The minimum atomic E-state index is -2.54. The molecule has 0 heterocycles. The molecule has 1 fully saturated rings. The van der Waals surface area contributed by atoms with Crippen molar-refractivity contribution in [1.82, 2.24) is 5.32 Å². The van der Waals surface area contributed by atoms with Gasteiger partial charge < -0.3 is 11.1 Å². The topological polar surface area (TPSA) is 55.1 Å². The first-order valence-electron chi connectivity index (χ1n) is 3.91. The van der Waals surface area contributed by atoms with Crippen molar-refractivity contribution in [3.8, 4) is 0 Å². The fourth-order valence-electron chi connectivity index (χ4n) is 1.46. The molecule has 1 aliphatic carbocycles. The molecule has 0 saturated heterocycles. The molecule has 0 aromatic carbocycles. The van der Waals surface area contributed by atoms with Crippen molar-refractivity contribution in [2.45, 2.75) is 25.2 Å². The summed E-state index contributed by atoms with van der Waals surface area (Å²) in [5.41, 5.74) is 4.80. The standard InChI is InChI=1S/C7H12F2N2O/c8-7(9)2-1-5(3-7)4-11-6(10)12/h5H,1-4H2,(H3,10,11,12). The van der Waals surface area contributed by atoms with E-state index in [0.717, 1.165) is 0 Å². The molecule has 0 aromatic rings.